The molecule has 0 unspecified atom stereocenters. The largest absolute Gasteiger partial charge is 0.288 e. The van der Waals surface area contributed by atoms with Crippen molar-refractivity contribution in [3.05, 3.63) is 76.3 Å². The summed E-state index contributed by atoms with van der Waals surface area (Å²) in [6.45, 7) is 8.00. The van der Waals surface area contributed by atoms with Gasteiger partial charge in [-0.1, -0.05) is 82.3 Å². The Hall–Kier alpha value is -2.59. The van der Waals surface area contributed by atoms with Crippen LogP contribution < -0.4 is 0 Å². The fraction of sp³-hybridized carbons (Fsp3) is 0.190. The van der Waals surface area contributed by atoms with Crippen molar-refractivity contribution in [3.8, 4) is 10.6 Å². The first-order valence-corrected chi connectivity index (χ1v) is 9.32. The summed E-state index contributed by atoms with van der Waals surface area (Å²) in [7, 11) is 0. The maximum atomic E-state index is 12.5. The average molecular weight is 351 g/mol. The van der Waals surface area contributed by atoms with Crippen molar-refractivity contribution in [2.24, 2.45) is 0 Å². The molecule has 4 rings (SSSR count). The molecular formula is C21H21NO2S. The third-order valence-corrected chi connectivity index (χ3v) is 4.59. The van der Waals surface area contributed by atoms with E-state index in [0.29, 0.717) is 21.0 Å². The van der Waals surface area contributed by atoms with Crippen LogP contribution in [0.3, 0.4) is 0 Å². The number of carbonyl (C=O) groups is 2. The highest BCUT2D eigenvalue weighted by molar-refractivity contribution is 7.17. The fourth-order valence-corrected chi connectivity index (χ4v) is 3.48. The van der Waals surface area contributed by atoms with Crippen LogP contribution in [0.1, 0.15) is 59.0 Å². The van der Waals surface area contributed by atoms with Crippen LogP contribution in [0.5, 0.6) is 0 Å². The maximum Gasteiger partial charge on any atom is 0.213 e. The Balaban J connectivity index is 0.000000528. The summed E-state index contributed by atoms with van der Waals surface area (Å²) in [6.07, 6.45) is 0. The fourth-order valence-electron chi connectivity index (χ4n) is 2.46. The molecular weight excluding hydrogens is 330 g/mol. The molecule has 0 saturated heterocycles. The van der Waals surface area contributed by atoms with Crippen LogP contribution in [0.15, 0.2) is 54.6 Å². The predicted molar refractivity (Wildman–Crippen MR) is 104 cm³/mol. The number of ketones is 2. The molecule has 0 radical (unpaired) electrons. The molecule has 0 bridgehead atoms. The Morgan fingerprint density at radius 2 is 1.24 bits per heavy atom. The smallest absolute Gasteiger partial charge is 0.213 e. The Bertz CT molecular complexity index is 829. The number of hydrogen-bond donors (Lipinski definition) is 0. The minimum atomic E-state index is -0.168. The highest BCUT2D eigenvalue weighted by atomic mass is 32.1. The van der Waals surface area contributed by atoms with E-state index < -0.39 is 0 Å². The third-order valence-electron chi connectivity index (χ3n) is 3.49. The van der Waals surface area contributed by atoms with Gasteiger partial charge in [-0.05, 0) is 0 Å². The molecule has 0 fully saturated rings. The van der Waals surface area contributed by atoms with Crippen LogP contribution in [0, 0.1) is 0 Å². The van der Waals surface area contributed by atoms with E-state index in [1.807, 2.05) is 58.0 Å². The van der Waals surface area contributed by atoms with E-state index in [1.165, 1.54) is 11.3 Å². The van der Waals surface area contributed by atoms with Crippen molar-refractivity contribution in [2.45, 2.75) is 27.7 Å². The maximum absolute atomic E-state index is 12.5. The van der Waals surface area contributed by atoms with Crippen LogP contribution in [-0.4, -0.2) is 16.6 Å². The lowest BCUT2D eigenvalue weighted by molar-refractivity contribution is 0.0979. The van der Waals surface area contributed by atoms with Gasteiger partial charge in [-0.3, -0.25) is 9.59 Å². The van der Waals surface area contributed by atoms with Gasteiger partial charge in [-0.15, -0.1) is 11.3 Å². The molecule has 0 N–H and O–H groups in total. The molecule has 4 heteroatoms. The summed E-state index contributed by atoms with van der Waals surface area (Å²) in [5.41, 5.74) is 2.11. The zero-order chi connectivity index (χ0) is 18.4. The zero-order valence-corrected chi connectivity index (χ0v) is 15.7. The quantitative estimate of drug-likeness (QED) is 0.446. The molecule has 3 aromatic rings. The normalized spacial score (nSPS) is 11.4. The summed E-state index contributed by atoms with van der Waals surface area (Å²) < 4.78 is 0. The number of fused-ring (bicyclic) bond motifs is 2. The molecule has 1 heterocycles. The van der Waals surface area contributed by atoms with Gasteiger partial charge in [0.05, 0.1) is 0 Å². The molecule has 1 aliphatic carbocycles. The van der Waals surface area contributed by atoms with E-state index in [0.717, 1.165) is 5.56 Å². The lowest BCUT2D eigenvalue weighted by Crippen LogP contribution is -2.19. The van der Waals surface area contributed by atoms with E-state index in [-0.39, 0.29) is 17.3 Å². The van der Waals surface area contributed by atoms with E-state index in [4.69, 9.17) is 0 Å². The zero-order valence-electron chi connectivity index (χ0n) is 14.9. The molecule has 25 heavy (non-hydrogen) atoms. The van der Waals surface area contributed by atoms with Gasteiger partial charge in [0.15, 0.2) is 0 Å². The molecule has 3 nitrogen and oxygen atoms in total. The SMILES string of the molecule is CC.CC.O=C1c2ccccc2C(=O)c2sc(-c3ccccc3)nc21. The standard InChI is InChI=1S/C17H9NO2S.2C2H6/c19-14-11-8-4-5-9-12(11)15(20)16-13(14)18-17(21-16)10-6-2-1-3-7-10;2*1-2/h1-9H;2*1-2H3. The molecule has 0 atom stereocenters. The van der Waals surface area contributed by atoms with Gasteiger partial charge in [-0.2, -0.15) is 0 Å². The molecule has 1 aromatic heterocycles. The van der Waals surface area contributed by atoms with Gasteiger partial charge in [-0.25, -0.2) is 4.98 Å². The summed E-state index contributed by atoms with van der Waals surface area (Å²) >= 11 is 1.28. The highest BCUT2D eigenvalue weighted by Gasteiger charge is 2.33. The van der Waals surface area contributed by atoms with Gasteiger partial charge in [0.1, 0.15) is 15.6 Å². The lowest BCUT2D eigenvalue weighted by Gasteiger charge is -2.11. The van der Waals surface area contributed by atoms with Gasteiger partial charge >= 0.3 is 0 Å². The van der Waals surface area contributed by atoms with Crippen molar-refractivity contribution in [3.63, 3.8) is 0 Å². The Morgan fingerprint density at radius 1 is 0.720 bits per heavy atom. The molecule has 0 aliphatic heterocycles. The van der Waals surface area contributed by atoms with Crippen molar-refractivity contribution in [1.29, 1.82) is 0 Å². The Labute approximate surface area is 152 Å². The van der Waals surface area contributed by atoms with Crippen molar-refractivity contribution >= 4 is 22.9 Å². The first-order valence-electron chi connectivity index (χ1n) is 8.50. The number of benzene rings is 2. The van der Waals surface area contributed by atoms with Crippen molar-refractivity contribution in [2.75, 3.05) is 0 Å². The molecule has 2 aromatic carbocycles. The monoisotopic (exact) mass is 351 g/mol. The number of nitrogens with zero attached hydrogens (tertiary/aromatic N) is 1. The number of aromatic nitrogens is 1. The topological polar surface area (TPSA) is 47.0 Å². The Kier molecular flexibility index (Phi) is 6.37. The summed E-state index contributed by atoms with van der Waals surface area (Å²) in [5.74, 6) is -0.279. The molecule has 1 aliphatic rings. The van der Waals surface area contributed by atoms with E-state index in [9.17, 15) is 9.59 Å². The minimum Gasteiger partial charge on any atom is -0.288 e. The van der Waals surface area contributed by atoms with Gasteiger partial charge in [0.25, 0.3) is 0 Å². The number of thiazole rings is 1. The molecule has 0 spiro atoms. The number of rotatable bonds is 1. The van der Waals surface area contributed by atoms with Crippen LogP contribution in [0.25, 0.3) is 10.6 Å². The second-order valence-electron chi connectivity index (χ2n) is 4.77. The van der Waals surface area contributed by atoms with Gasteiger partial charge < -0.3 is 0 Å². The molecule has 0 saturated carbocycles. The lowest BCUT2D eigenvalue weighted by atomic mass is 9.91. The summed E-state index contributed by atoms with van der Waals surface area (Å²) in [6, 6.07) is 16.5. The molecule has 0 amide bonds. The predicted octanol–water partition coefficient (Wildman–Crippen LogP) is 5.64. The van der Waals surface area contributed by atoms with Crippen molar-refractivity contribution < 1.29 is 9.59 Å². The van der Waals surface area contributed by atoms with E-state index in [1.54, 1.807) is 24.3 Å². The second-order valence-corrected chi connectivity index (χ2v) is 5.77. The first-order chi connectivity index (χ1) is 12.3. The Morgan fingerprint density at radius 3 is 1.84 bits per heavy atom. The van der Waals surface area contributed by atoms with Crippen molar-refractivity contribution in [1.82, 2.24) is 4.98 Å². The third kappa shape index (κ3) is 3.44. The minimum absolute atomic E-state index is 0.111. The van der Waals surface area contributed by atoms with Crippen LogP contribution in [-0.2, 0) is 0 Å². The van der Waals surface area contributed by atoms with E-state index >= 15 is 0 Å². The van der Waals surface area contributed by atoms with Crippen LogP contribution >= 0.6 is 11.3 Å². The number of carbonyl (C=O) groups excluding carboxylic acids is 2. The summed E-state index contributed by atoms with van der Waals surface area (Å²) in [4.78, 5) is 29.8. The first kappa shape index (κ1) is 18.7. The second kappa shape index (κ2) is 8.49. The highest BCUT2D eigenvalue weighted by Crippen LogP contribution is 2.34. The summed E-state index contributed by atoms with van der Waals surface area (Å²) in [5, 5.41) is 0.704. The number of hydrogen-bond acceptors (Lipinski definition) is 4. The van der Waals surface area contributed by atoms with Gasteiger partial charge in [0.2, 0.25) is 11.6 Å². The van der Waals surface area contributed by atoms with Crippen LogP contribution in [0.2, 0.25) is 0 Å². The average Bonchev–Trinajstić information content (AvgIpc) is 3.16. The van der Waals surface area contributed by atoms with Gasteiger partial charge in [0, 0.05) is 16.7 Å². The van der Waals surface area contributed by atoms with Crippen LogP contribution in [0.4, 0.5) is 0 Å². The molecule has 128 valence electrons. The van der Waals surface area contributed by atoms with E-state index in [2.05, 4.69) is 4.98 Å².